The van der Waals surface area contributed by atoms with Crippen LogP contribution in [0, 0.1) is 0 Å². The van der Waals surface area contributed by atoms with Crippen LogP contribution in [0.2, 0.25) is 0 Å². The first-order chi connectivity index (χ1) is 8.56. The van der Waals surface area contributed by atoms with Gasteiger partial charge in [0.2, 0.25) is 0 Å². The highest BCUT2D eigenvalue weighted by molar-refractivity contribution is 5.67. The van der Waals surface area contributed by atoms with Crippen molar-refractivity contribution < 1.29 is 24.5 Å². The van der Waals surface area contributed by atoms with Crippen LogP contribution in [0.3, 0.4) is 0 Å². The fourth-order valence-corrected chi connectivity index (χ4v) is 2.00. The van der Waals surface area contributed by atoms with Gasteiger partial charge in [-0.15, -0.1) is 0 Å². The van der Waals surface area contributed by atoms with Crippen molar-refractivity contribution in [1.82, 2.24) is 0 Å². The van der Waals surface area contributed by atoms with E-state index in [0.717, 1.165) is 23.3 Å². The van der Waals surface area contributed by atoms with Crippen molar-refractivity contribution in [2.75, 3.05) is 13.2 Å². The lowest BCUT2D eigenvalue weighted by atomic mass is 10.0. The van der Waals surface area contributed by atoms with Crippen LogP contribution in [0.25, 0.3) is 0 Å². The molecule has 2 unspecified atom stereocenters. The van der Waals surface area contributed by atoms with Crippen molar-refractivity contribution >= 4 is 5.97 Å². The van der Waals surface area contributed by atoms with E-state index in [2.05, 4.69) is 0 Å². The monoisotopic (exact) mass is 252 g/mol. The SMILES string of the molecule is CC1Cc2cc(C(O)COCC(=O)O)ccc2O1. The second-order valence-electron chi connectivity index (χ2n) is 4.42. The third kappa shape index (κ3) is 3.00. The summed E-state index contributed by atoms with van der Waals surface area (Å²) >= 11 is 0. The summed E-state index contributed by atoms with van der Waals surface area (Å²) in [5.41, 5.74) is 1.79. The summed E-state index contributed by atoms with van der Waals surface area (Å²) in [6.45, 7) is 1.57. The van der Waals surface area contributed by atoms with Gasteiger partial charge in [0, 0.05) is 6.42 Å². The van der Waals surface area contributed by atoms with Crippen LogP contribution in [0.5, 0.6) is 5.75 Å². The Morgan fingerprint density at radius 3 is 3.11 bits per heavy atom. The first-order valence-corrected chi connectivity index (χ1v) is 5.83. The number of carboxylic acid groups (broad SMARTS) is 1. The van der Waals surface area contributed by atoms with Gasteiger partial charge in [0.15, 0.2) is 0 Å². The Labute approximate surface area is 105 Å². The van der Waals surface area contributed by atoms with Crippen molar-refractivity contribution in [1.29, 1.82) is 0 Å². The number of rotatable bonds is 5. The van der Waals surface area contributed by atoms with Crippen LogP contribution >= 0.6 is 0 Å². The molecule has 0 spiro atoms. The third-order valence-corrected chi connectivity index (χ3v) is 2.81. The van der Waals surface area contributed by atoms with Crippen LogP contribution in [-0.4, -0.2) is 35.5 Å². The molecule has 0 aromatic heterocycles. The standard InChI is InChI=1S/C13H16O5/c1-8-4-10-5-9(2-3-12(10)18-8)11(14)6-17-7-13(15)16/h2-3,5,8,11,14H,4,6-7H2,1H3,(H,15,16). The summed E-state index contributed by atoms with van der Waals surface area (Å²) in [5.74, 6) is -0.191. The number of ether oxygens (including phenoxy) is 2. The van der Waals surface area contributed by atoms with Crippen LogP contribution in [0.4, 0.5) is 0 Å². The van der Waals surface area contributed by atoms with E-state index in [0.29, 0.717) is 0 Å². The molecule has 5 nitrogen and oxygen atoms in total. The Balaban J connectivity index is 1.97. The number of hydrogen-bond donors (Lipinski definition) is 2. The lowest BCUT2D eigenvalue weighted by molar-refractivity contribution is -0.143. The molecular formula is C13H16O5. The maximum Gasteiger partial charge on any atom is 0.329 e. The predicted octanol–water partition coefficient (Wildman–Crippen LogP) is 1.14. The molecule has 0 saturated heterocycles. The Hall–Kier alpha value is -1.59. The Morgan fingerprint density at radius 1 is 1.61 bits per heavy atom. The number of fused-ring (bicyclic) bond motifs is 1. The molecule has 1 aliphatic rings. The van der Waals surface area contributed by atoms with E-state index in [1.165, 1.54) is 0 Å². The Bertz CT molecular complexity index is 443. The van der Waals surface area contributed by atoms with Crippen molar-refractivity contribution in [2.45, 2.75) is 25.6 Å². The Morgan fingerprint density at radius 2 is 2.39 bits per heavy atom. The zero-order valence-electron chi connectivity index (χ0n) is 10.1. The summed E-state index contributed by atoms with van der Waals surface area (Å²) < 4.78 is 10.4. The second kappa shape index (κ2) is 5.37. The van der Waals surface area contributed by atoms with Crippen LogP contribution < -0.4 is 4.74 Å². The van der Waals surface area contributed by atoms with Crippen LogP contribution in [0.15, 0.2) is 18.2 Å². The van der Waals surface area contributed by atoms with Crippen LogP contribution in [0.1, 0.15) is 24.2 Å². The van der Waals surface area contributed by atoms with E-state index in [1.807, 2.05) is 19.1 Å². The van der Waals surface area contributed by atoms with Crippen molar-refractivity contribution in [3.63, 3.8) is 0 Å². The second-order valence-corrected chi connectivity index (χ2v) is 4.42. The lowest BCUT2D eigenvalue weighted by Crippen LogP contribution is -2.13. The molecule has 0 amide bonds. The molecule has 98 valence electrons. The van der Waals surface area contributed by atoms with Gasteiger partial charge in [0.1, 0.15) is 24.6 Å². The van der Waals surface area contributed by atoms with Gasteiger partial charge in [-0.05, 0) is 30.2 Å². The maximum absolute atomic E-state index is 10.3. The number of benzene rings is 1. The zero-order chi connectivity index (χ0) is 13.1. The quantitative estimate of drug-likeness (QED) is 0.822. The molecule has 1 heterocycles. The molecule has 18 heavy (non-hydrogen) atoms. The summed E-state index contributed by atoms with van der Waals surface area (Å²) in [6, 6.07) is 5.48. The highest BCUT2D eigenvalue weighted by Gasteiger charge is 2.20. The molecule has 5 heteroatoms. The van der Waals surface area contributed by atoms with E-state index < -0.39 is 18.7 Å². The molecule has 0 bridgehead atoms. The molecule has 1 aromatic rings. The van der Waals surface area contributed by atoms with Gasteiger partial charge in [-0.2, -0.15) is 0 Å². The molecular weight excluding hydrogens is 236 g/mol. The first kappa shape index (κ1) is 12.9. The normalized spacial score (nSPS) is 19.1. The van der Waals surface area contributed by atoms with E-state index in [9.17, 15) is 9.90 Å². The highest BCUT2D eigenvalue weighted by Crippen LogP contribution is 2.31. The number of aliphatic carboxylic acids is 1. The topological polar surface area (TPSA) is 76.0 Å². The highest BCUT2D eigenvalue weighted by atomic mass is 16.5. The van der Waals surface area contributed by atoms with E-state index in [4.69, 9.17) is 14.6 Å². The van der Waals surface area contributed by atoms with Crippen LogP contribution in [-0.2, 0) is 16.0 Å². The molecule has 2 atom stereocenters. The minimum atomic E-state index is -1.04. The molecule has 1 aliphatic heterocycles. The minimum Gasteiger partial charge on any atom is -0.490 e. The van der Waals surface area contributed by atoms with Crippen molar-refractivity contribution in [3.8, 4) is 5.75 Å². The van der Waals surface area contributed by atoms with Gasteiger partial charge >= 0.3 is 5.97 Å². The fraction of sp³-hybridized carbons (Fsp3) is 0.462. The largest absolute Gasteiger partial charge is 0.490 e. The van der Waals surface area contributed by atoms with Gasteiger partial charge in [0.05, 0.1) is 6.61 Å². The number of aliphatic hydroxyl groups is 1. The Kier molecular flexibility index (Phi) is 3.84. The summed E-state index contributed by atoms with van der Waals surface area (Å²) in [5, 5.41) is 18.3. The number of hydrogen-bond acceptors (Lipinski definition) is 4. The fourth-order valence-electron chi connectivity index (χ4n) is 2.00. The molecule has 1 aromatic carbocycles. The third-order valence-electron chi connectivity index (χ3n) is 2.81. The summed E-state index contributed by atoms with van der Waals surface area (Å²) in [7, 11) is 0. The van der Waals surface area contributed by atoms with Gasteiger partial charge in [-0.1, -0.05) is 6.07 Å². The van der Waals surface area contributed by atoms with Gasteiger partial charge in [-0.25, -0.2) is 4.79 Å². The number of carboxylic acids is 1. The lowest BCUT2D eigenvalue weighted by Gasteiger charge is -2.11. The van der Waals surface area contributed by atoms with Gasteiger partial charge in [0.25, 0.3) is 0 Å². The first-order valence-electron chi connectivity index (χ1n) is 5.83. The van der Waals surface area contributed by atoms with Gasteiger partial charge in [-0.3, -0.25) is 0 Å². The average Bonchev–Trinajstić information content (AvgIpc) is 2.67. The molecule has 0 aliphatic carbocycles. The molecule has 0 fully saturated rings. The van der Waals surface area contributed by atoms with E-state index in [-0.39, 0.29) is 12.7 Å². The summed E-state index contributed by atoms with van der Waals surface area (Å²) in [4.78, 5) is 10.3. The molecule has 2 N–H and O–H groups in total. The molecule has 2 rings (SSSR count). The van der Waals surface area contributed by atoms with Crippen molar-refractivity contribution in [2.24, 2.45) is 0 Å². The smallest absolute Gasteiger partial charge is 0.329 e. The maximum atomic E-state index is 10.3. The van der Waals surface area contributed by atoms with Gasteiger partial charge < -0.3 is 19.7 Å². The predicted molar refractivity (Wildman–Crippen MR) is 63.7 cm³/mol. The molecule has 0 radical (unpaired) electrons. The number of aliphatic hydroxyl groups excluding tert-OH is 1. The average molecular weight is 252 g/mol. The minimum absolute atomic E-state index is 0.0263. The summed E-state index contributed by atoms with van der Waals surface area (Å²) in [6.07, 6.45) is 0.174. The zero-order valence-corrected chi connectivity index (χ0v) is 10.1. The molecule has 0 saturated carbocycles. The van der Waals surface area contributed by atoms with E-state index in [1.54, 1.807) is 6.07 Å². The van der Waals surface area contributed by atoms with E-state index >= 15 is 0 Å². The number of carbonyl (C=O) groups is 1. The van der Waals surface area contributed by atoms with Crippen molar-refractivity contribution in [3.05, 3.63) is 29.3 Å².